The highest BCUT2D eigenvalue weighted by Gasteiger charge is 2.28. The molecule has 0 radical (unpaired) electrons. The van der Waals surface area contributed by atoms with Gasteiger partial charge in [0.1, 0.15) is 0 Å². The maximum absolute atomic E-state index is 12.6. The van der Waals surface area contributed by atoms with E-state index in [9.17, 15) is 9.59 Å². The summed E-state index contributed by atoms with van der Waals surface area (Å²) in [6, 6.07) is 13.4. The van der Waals surface area contributed by atoms with Crippen LogP contribution in [0.3, 0.4) is 0 Å². The van der Waals surface area contributed by atoms with Crippen molar-refractivity contribution in [3.8, 4) is 5.75 Å². The van der Waals surface area contributed by atoms with Crippen LogP contribution in [0, 0.1) is 0 Å². The second-order valence-corrected chi connectivity index (χ2v) is 6.24. The van der Waals surface area contributed by atoms with Crippen molar-refractivity contribution in [1.82, 2.24) is 5.32 Å². The molecule has 2 aliphatic heterocycles. The third-order valence-corrected chi connectivity index (χ3v) is 4.60. The number of amides is 2. The minimum atomic E-state index is -0.619. The van der Waals surface area contributed by atoms with Crippen LogP contribution in [0.5, 0.6) is 5.75 Å². The number of hydrogen-bond acceptors (Lipinski definition) is 4. The van der Waals surface area contributed by atoms with Gasteiger partial charge in [0, 0.05) is 12.2 Å². The number of carbonyl (C=O) groups is 2. The van der Waals surface area contributed by atoms with E-state index >= 15 is 0 Å². The molecule has 6 heteroatoms. The molecule has 6 nitrogen and oxygen atoms in total. The van der Waals surface area contributed by atoms with Crippen molar-refractivity contribution in [3.05, 3.63) is 53.6 Å². The van der Waals surface area contributed by atoms with Crippen LogP contribution in [0.15, 0.2) is 42.5 Å². The first-order chi connectivity index (χ1) is 12.1. The number of carbonyl (C=O) groups excluding carboxylic acids is 2. The fourth-order valence-corrected chi connectivity index (χ4v) is 3.24. The molecule has 0 spiro atoms. The number of ether oxygens (including phenoxy) is 1. The summed E-state index contributed by atoms with van der Waals surface area (Å²) >= 11 is 0. The zero-order chi connectivity index (χ0) is 17.4. The van der Waals surface area contributed by atoms with Crippen LogP contribution in [0.2, 0.25) is 0 Å². The molecule has 2 heterocycles. The summed E-state index contributed by atoms with van der Waals surface area (Å²) in [5.41, 5.74) is 3.42. The summed E-state index contributed by atoms with van der Waals surface area (Å²) in [5.74, 6) is -0.00256. The van der Waals surface area contributed by atoms with E-state index in [2.05, 4.69) is 27.7 Å². The molecule has 1 atom stereocenters. The van der Waals surface area contributed by atoms with Crippen LogP contribution in [-0.2, 0) is 11.2 Å². The lowest BCUT2D eigenvalue weighted by molar-refractivity contribution is -0.122. The van der Waals surface area contributed by atoms with Crippen LogP contribution >= 0.6 is 0 Å². The van der Waals surface area contributed by atoms with Crippen molar-refractivity contribution in [1.29, 1.82) is 0 Å². The van der Waals surface area contributed by atoms with Gasteiger partial charge in [-0.05, 0) is 37.1 Å². The normalized spacial score (nSPS) is 18.0. The smallest absolute Gasteiger partial charge is 0.265 e. The highest BCUT2D eigenvalue weighted by molar-refractivity contribution is 6.04. The fourth-order valence-electron chi connectivity index (χ4n) is 3.24. The number of rotatable bonds is 3. The van der Waals surface area contributed by atoms with E-state index in [0.29, 0.717) is 23.7 Å². The lowest BCUT2D eigenvalue weighted by Crippen LogP contribution is -2.38. The van der Waals surface area contributed by atoms with E-state index in [-0.39, 0.29) is 11.8 Å². The Bertz CT molecular complexity index is 850. The van der Waals surface area contributed by atoms with Gasteiger partial charge < -0.3 is 20.3 Å². The summed E-state index contributed by atoms with van der Waals surface area (Å²) in [5, 5.41) is 5.71. The molecule has 1 unspecified atom stereocenters. The number of benzene rings is 2. The molecule has 0 aromatic heterocycles. The minimum Gasteiger partial charge on any atom is -0.478 e. The van der Waals surface area contributed by atoms with E-state index in [4.69, 9.17) is 4.74 Å². The maximum atomic E-state index is 12.6. The Morgan fingerprint density at radius 1 is 1.28 bits per heavy atom. The Hall–Kier alpha value is -3.02. The SMILES string of the molecule is CC1Oc2c(cccc2C(=O)NCN2CCc3ccccc32)NC1=O. The topological polar surface area (TPSA) is 70.7 Å². The molecule has 128 valence electrons. The van der Waals surface area contributed by atoms with Gasteiger partial charge in [-0.2, -0.15) is 0 Å². The molecule has 0 bridgehead atoms. The van der Waals surface area contributed by atoms with Crippen molar-refractivity contribution in [2.75, 3.05) is 23.4 Å². The second kappa shape index (κ2) is 6.12. The van der Waals surface area contributed by atoms with Gasteiger partial charge in [-0.1, -0.05) is 24.3 Å². The molecular weight excluding hydrogens is 318 g/mol. The number of nitrogens with one attached hydrogen (secondary N) is 2. The molecule has 2 amide bonds. The van der Waals surface area contributed by atoms with Gasteiger partial charge in [0.2, 0.25) is 0 Å². The molecule has 2 aromatic rings. The largest absolute Gasteiger partial charge is 0.478 e. The van der Waals surface area contributed by atoms with E-state index in [0.717, 1.165) is 18.7 Å². The first-order valence-corrected chi connectivity index (χ1v) is 8.35. The Morgan fingerprint density at radius 2 is 2.12 bits per heavy atom. The maximum Gasteiger partial charge on any atom is 0.265 e. The molecule has 2 aliphatic rings. The van der Waals surface area contributed by atoms with Gasteiger partial charge in [-0.15, -0.1) is 0 Å². The monoisotopic (exact) mass is 337 g/mol. The number of para-hydroxylation sites is 2. The average molecular weight is 337 g/mol. The predicted molar refractivity (Wildman–Crippen MR) is 95.0 cm³/mol. The van der Waals surface area contributed by atoms with E-state index in [1.165, 1.54) is 5.56 Å². The van der Waals surface area contributed by atoms with Crippen LogP contribution in [-0.4, -0.2) is 31.1 Å². The van der Waals surface area contributed by atoms with Gasteiger partial charge >= 0.3 is 0 Å². The fraction of sp³-hybridized carbons (Fsp3) is 0.263. The zero-order valence-corrected chi connectivity index (χ0v) is 13.9. The Kier molecular flexibility index (Phi) is 3.80. The summed E-state index contributed by atoms with van der Waals surface area (Å²) in [6.45, 7) is 2.98. The second-order valence-electron chi connectivity index (χ2n) is 6.24. The van der Waals surface area contributed by atoms with Crippen molar-refractivity contribution in [3.63, 3.8) is 0 Å². The van der Waals surface area contributed by atoms with Gasteiger partial charge in [0.25, 0.3) is 11.8 Å². The Balaban J connectivity index is 1.50. The average Bonchev–Trinajstić information content (AvgIpc) is 3.03. The highest BCUT2D eigenvalue weighted by Crippen LogP contribution is 2.33. The van der Waals surface area contributed by atoms with E-state index in [1.54, 1.807) is 25.1 Å². The van der Waals surface area contributed by atoms with Crippen LogP contribution in [0.4, 0.5) is 11.4 Å². The molecule has 0 saturated carbocycles. The molecule has 25 heavy (non-hydrogen) atoms. The minimum absolute atomic E-state index is 0.210. The predicted octanol–water partition coefficient (Wildman–Crippen LogP) is 2.16. The summed E-state index contributed by atoms with van der Waals surface area (Å²) in [6.07, 6.45) is 0.367. The number of nitrogens with zero attached hydrogens (tertiary/aromatic N) is 1. The number of anilines is 2. The first kappa shape index (κ1) is 15.5. The number of fused-ring (bicyclic) bond motifs is 2. The molecule has 0 aliphatic carbocycles. The standard InChI is InChI=1S/C19H19N3O3/c1-12-18(23)21-15-7-4-6-14(17(15)25-12)19(24)20-11-22-10-9-13-5-2-3-8-16(13)22/h2-8,12H,9-11H2,1H3,(H,20,24)(H,21,23). The van der Waals surface area contributed by atoms with Gasteiger partial charge in [0.05, 0.1) is 17.9 Å². The summed E-state index contributed by atoms with van der Waals surface area (Å²) in [4.78, 5) is 26.5. The van der Waals surface area contributed by atoms with E-state index < -0.39 is 6.10 Å². The third kappa shape index (κ3) is 2.80. The van der Waals surface area contributed by atoms with Crippen LogP contribution in [0.25, 0.3) is 0 Å². The lowest BCUT2D eigenvalue weighted by Gasteiger charge is -2.25. The Labute approximate surface area is 145 Å². The number of hydrogen-bond donors (Lipinski definition) is 2. The van der Waals surface area contributed by atoms with Gasteiger partial charge in [-0.25, -0.2) is 0 Å². The molecule has 2 aromatic carbocycles. The van der Waals surface area contributed by atoms with Crippen molar-refractivity contribution in [2.45, 2.75) is 19.4 Å². The van der Waals surface area contributed by atoms with Gasteiger partial charge in [0.15, 0.2) is 11.9 Å². The lowest BCUT2D eigenvalue weighted by atomic mass is 10.1. The molecule has 0 fully saturated rings. The van der Waals surface area contributed by atoms with E-state index in [1.807, 2.05) is 12.1 Å². The van der Waals surface area contributed by atoms with Crippen molar-refractivity contribution < 1.29 is 14.3 Å². The van der Waals surface area contributed by atoms with Crippen LogP contribution in [0.1, 0.15) is 22.8 Å². The highest BCUT2D eigenvalue weighted by atomic mass is 16.5. The van der Waals surface area contributed by atoms with Gasteiger partial charge in [-0.3, -0.25) is 9.59 Å². The summed E-state index contributed by atoms with van der Waals surface area (Å²) in [7, 11) is 0. The van der Waals surface area contributed by atoms with Crippen LogP contribution < -0.4 is 20.3 Å². The Morgan fingerprint density at radius 3 is 3.00 bits per heavy atom. The quantitative estimate of drug-likeness (QED) is 0.900. The molecule has 2 N–H and O–H groups in total. The first-order valence-electron chi connectivity index (χ1n) is 8.35. The van der Waals surface area contributed by atoms with Crippen molar-refractivity contribution in [2.24, 2.45) is 0 Å². The molecule has 0 saturated heterocycles. The summed E-state index contributed by atoms with van der Waals surface area (Å²) < 4.78 is 5.64. The van der Waals surface area contributed by atoms with Crippen molar-refractivity contribution >= 4 is 23.2 Å². The zero-order valence-electron chi connectivity index (χ0n) is 13.9. The third-order valence-electron chi connectivity index (χ3n) is 4.60. The molecular formula is C19H19N3O3. The molecule has 4 rings (SSSR count).